The first-order valence-electron chi connectivity index (χ1n) is 3.29. The highest BCUT2D eigenvalue weighted by atomic mass is 16.6. The molecule has 0 aromatic carbocycles. The summed E-state index contributed by atoms with van der Waals surface area (Å²) in [6.07, 6.45) is 3.25. The Balaban J connectivity index is 0.000000211. The Morgan fingerprint density at radius 3 is 1.58 bits per heavy atom. The van der Waals surface area contributed by atoms with Crippen LogP contribution in [0.1, 0.15) is 13.8 Å². The molecule has 0 aliphatic carbocycles. The van der Waals surface area contributed by atoms with Crippen LogP contribution in [0.3, 0.4) is 0 Å². The predicted molar refractivity (Wildman–Crippen MR) is 41.2 cm³/mol. The molecule has 0 amide bonds. The van der Waals surface area contributed by atoms with Crippen molar-refractivity contribution in [1.29, 1.82) is 0 Å². The molecule has 0 unspecified atom stereocenters. The lowest BCUT2D eigenvalue weighted by atomic mass is 10.7. The summed E-state index contributed by atoms with van der Waals surface area (Å²) in [5.41, 5.74) is 0. The summed E-state index contributed by atoms with van der Waals surface area (Å²) in [5.74, 6) is -1.12. The van der Waals surface area contributed by atoms with Gasteiger partial charge in [0.1, 0.15) is 0 Å². The molecule has 0 saturated carbocycles. The number of hydrogen-bond donors (Lipinski definition) is 0. The fourth-order valence-electron chi connectivity index (χ4n) is 0.429. The molecule has 0 saturated heterocycles. The van der Waals surface area contributed by atoms with Gasteiger partial charge in [-0.1, -0.05) is 0 Å². The average Bonchev–Trinajstić information content (AvgIpc) is 2.36. The molecule has 0 fully saturated rings. The third-order valence-corrected chi connectivity index (χ3v) is 0.713. The van der Waals surface area contributed by atoms with Crippen molar-refractivity contribution < 1.29 is 18.7 Å². The Hall–Kier alpha value is -1.58. The quantitative estimate of drug-likeness (QED) is 0.436. The second-order valence-electron chi connectivity index (χ2n) is 1.88. The van der Waals surface area contributed by atoms with Gasteiger partial charge in [-0.25, -0.2) is 0 Å². The highest BCUT2D eigenvalue weighted by Crippen LogP contribution is 1.79. The van der Waals surface area contributed by atoms with Crippen molar-refractivity contribution in [3.8, 4) is 0 Å². The van der Waals surface area contributed by atoms with Gasteiger partial charge in [0.05, 0.1) is 12.5 Å². The zero-order valence-electron chi connectivity index (χ0n) is 6.94. The van der Waals surface area contributed by atoms with Crippen LogP contribution in [0.5, 0.6) is 0 Å². The molecule has 4 nitrogen and oxygen atoms in total. The summed E-state index contributed by atoms with van der Waals surface area (Å²) in [7, 11) is 0. The van der Waals surface area contributed by atoms with E-state index in [1.54, 1.807) is 12.5 Å². The smallest absolute Gasteiger partial charge is 0.310 e. The van der Waals surface area contributed by atoms with Crippen LogP contribution in [0.25, 0.3) is 0 Å². The summed E-state index contributed by atoms with van der Waals surface area (Å²) in [5, 5.41) is 0. The van der Waals surface area contributed by atoms with E-state index in [0.717, 1.165) is 0 Å². The molecule has 0 aliphatic heterocycles. The molecule has 0 N–H and O–H groups in total. The number of carbonyl (C=O) groups excluding carboxylic acids is 2. The van der Waals surface area contributed by atoms with Crippen LogP contribution in [-0.4, -0.2) is 11.9 Å². The lowest BCUT2D eigenvalue weighted by Crippen LogP contribution is -2.03. The minimum atomic E-state index is -0.562. The number of carbonyl (C=O) groups is 2. The molecule has 0 bridgehead atoms. The van der Waals surface area contributed by atoms with Crippen LogP contribution in [0.15, 0.2) is 29.1 Å². The zero-order chi connectivity index (χ0) is 9.40. The van der Waals surface area contributed by atoms with Crippen molar-refractivity contribution in [2.24, 2.45) is 0 Å². The number of furan rings is 1. The topological polar surface area (TPSA) is 56.5 Å². The third-order valence-electron chi connectivity index (χ3n) is 0.713. The zero-order valence-corrected chi connectivity index (χ0v) is 6.94. The molecular weight excluding hydrogens is 160 g/mol. The summed E-state index contributed by atoms with van der Waals surface area (Å²) >= 11 is 0. The highest BCUT2D eigenvalue weighted by molar-refractivity contribution is 5.82. The van der Waals surface area contributed by atoms with Gasteiger partial charge in [0.25, 0.3) is 0 Å². The Morgan fingerprint density at radius 2 is 1.50 bits per heavy atom. The highest BCUT2D eigenvalue weighted by Gasteiger charge is 1.93. The predicted octanol–water partition coefficient (Wildman–Crippen LogP) is 1.38. The minimum Gasteiger partial charge on any atom is -0.473 e. The molecule has 1 heterocycles. The van der Waals surface area contributed by atoms with E-state index in [9.17, 15) is 9.59 Å². The number of rotatable bonds is 0. The average molecular weight is 170 g/mol. The molecule has 0 spiro atoms. The summed E-state index contributed by atoms with van der Waals surface area (Å²) in [4.78, 5) is 19.6. The van der Waals surface area contributed by atoms with Gasteiger partial charge in [0.15, 0.2) is 0 Å². The molecule has 66 valence electrons. The fraction of sp³-hybridized carbons (Fsp3) is 0.250. The van der Waals surface area contributed by atoms with Crippen LogP contribution in [0.4, 0.5) is 0 Å². The largest absolute Gasteiger partial charge is 0.473 e. The van der Waals surface area contributed by atoms with Gasteiger partial charge in [0, 0.05) is 13.8 Å². The lowest BCUT2D eigenvalue weighted by molar-refractivity contribution is -0.156. The van der Waals surface area contributed by atoms with Gasteiger partial charge in [-0.3, -0.25) is 9.59 Å². The summed E-state index contributed by atoms with van der Waals surface area (Å²) in [6, 6.07) is 3.67. The van der Waals surface area contributed by atoms with Crippen LogP contribution in [-0.2, 0) is 14.3 Å². The summed E-state index contributed by atoms with van der Waals surface area (Å²) in [6.45, 7) is 2.36. The number of esters is 2. The molecule has 0 aliphatic rings. The summed E-state index contributed by atoms with van der Waals surface area (Å²) < 4.78 is 8.56. The maximum Gasteiger partial charge on any atom is 0.310 e. The van der Waals surface area contributed by atoms with E-state index in [-0.39, 0.29) is 0 Å². The van der Waals surface area contributed by atoms with Crippen molar-refractivity contribution in [2.45, 2.75) is 13.8 Å². The number of ether oxygens (including phenoxy) is 1. The van der Waals surface area contributed by atoms with Crippen molar-refractivity contribution in [3.05, 3.63) is 24.7 Å². The van der Waals surface area contributed by atoms with Gasteiger partial charge in [-0.2, -0.15) is 0 Å². The molecular formula is C8H10O4. The fourth-order valence-corrected chi connectivity index (χ4v) is 0.429. The van der Waals surface area contributed by atoms with E-state index in [4.69, 9.17) is 0 Å². The lowest BCUT2D eigenvalue weighted by Gasteiger charge is -1.87. The maximum atomic E-state index is 9.81. The Morgan fingerprint density at radius 1 is 1.08 bits per heavy atom. The Kier molecular flexibility index (Phi) is 5.34. The molecule has 0 radical (unpaired) electrons. The Bertz CT molecular complexity index is 196. The first kappa shape index (κ1) is 10.4. The SMILES string of the molecule is CC(=O)OC(C)=O.c1ccoc1. The van der Waals surface area contributed by atoms with Crippen LogP contribution in [0, 0.1) is 0 Å². The van der Waals surface area contributed by atoms with E-state index >= 15 is 0 Å². The van der Waals surface area contributed by atoms with Crippen molar-refractivity contribution in [1.82, 2.24) is 0 Å². The molecule has 4 heteroatoms. The third kappa shape index (κ3) is 8.42. The normalized spacial score (nSPS) is 7.83. The van der Waals surface area contributed by atoms with Crippen LogP contribution < -0.4 is 0 Å². The van der Waals surface area contributed by atoms with E-state index in [1.165, 1.54) is 13.8 Å². The van der Waals surface area contributed by atoms with Gasteiger partial charge in [0.2, 0.25) is 0 Å². The molecule has 1 aromatic heterocycles. The second kappa shape index (κ2) is 6.15. The standard InChI is InChI=1S/C4H6O3.C4H4O/c1-3(5)7-4(2)6;1-2-4-5-3-1/h1-2H3;1-4H. The first-order chi connectivity index (χ1) is 5.63. The van der Waals surface area contributed by atoms with Crippen LogP contribution in [0.2, 0.25) is 0 Å². The van der Waals surface area contributed by atoms with Crippen molar-refractivity contribution in [2.75, 3.05) is 0 Å². The Labute approximate surface area is 70.1 Å². The molecule has 1 aromatic rings. The molecule has 1 rings (SSSR count). The van der Waals surface area contributed by atoms with Gasteiger partial charge < -0.3 is 9.15 Å². The second-order valence-corrected chi connectivity index (χ2v) is 1.88. The van der Waals surface area contributed by atoms with Gasteiger partial charge in [-0.05, 0) is 12.1 Å². The first-order valence-corrected chi connectivity index (χ1v) is 3.29. The van der Waals surface area contributed by atoms with Gasteiger partial charge >= 0.3 is 11.9 Å². The van der Waals surface area contributed by atoms with E-state index in [2.05, 4.69) is 9.15 Å². The minimum absolute atomic E-state index is 0.562. The number of hydrogen-bond acceptors (Lipinski definition) is 4. The van der Waals surface area contributed by atoms with E-state index in [1.807, 2.05) is 12.1 Å². The van der Waals surface area contributed by atoms with Gasteiger partial charge in [-0.15, -0.1) is 0 Å². The van der Waals surface area contributed by atoms with Crippen molar-refractivity contribution >= 4 is 11.9 Å². The monoisotopic (exact) mass is 170 g/mol. The molecule has 12 heavy (non-hydrogen) atoms. The molecule has 0 atom stereocenters. The van der Waals surface area contributed by atoms with E-state index < -0.39 is 11.9 Å². The maximum absolute atomic E-state index is 9.81. The van der Waals surface area contributed by atoms with Crippen LogP contribution >= 0.6 is 0 Å². The van der Waals surface area contributed by atoms with Crippen molar-refractivity contribution in [3.63, 3.8) is 0 Å². The van der Waals surface area contributed by atoms with E-state index in [0.29, 0.717) is 0 Å².